The molecule has 150 valence electrons. The van der Waals surface area contributed by atoms with Gasteiger partial charge in [0.05, 0.1) is 17.4 Å². The summed E-state index contributed by atoms with van der Waals surface area (Å²) in [6, 6.07) is 13.9. The zero-order valence-electron chi connectivity index (χ0n) is 16.1. The summed E-state index contributed by atoms with van der Waals surface area (Å²) in [5.41, 5.74) is 1.01. The molecule has 0 spiro atoms. The highest BCUT2D eigenvalue weighted by Gasteiger charge is 2.33. The second kappa shape index (κ2) is 8.75. The molecule has 2 aromatic rings. The minimum atomic E-state index is -3.54. The van der Waals surface area contributed by atoms with Gasteiger partial charge in [0.1, 0.15) is 0 Å². The summed E-state index contributed by atoms with van der Waals surface area (Å²) in [7, 11) is -3.54. The van der Waals surface area contributed by atoms with E-state index in [1.54, 1.807) is 42.5 Å². The number of carbonyl (C=O) groups is 1. The molecule has 0 bridgehead atoms. The minimum Gasteiger partial charge on any atom is -0.490 e. The predicted molar refractivity (Wildman–Crippen MR) is 106 cm³/mol. The molecule has 1 heterocycles. The van der Waals surface area contributed by atoms with Crippen LogP contribution in [0.5, 0.6) is 11.5 Å². The van der Waals surface area contributed by atoms with Gasteiger partial charge in [-0.1, -0.05) is 29.8 Å². The van der Waals surface area contributed by atoms with Gasteiger partial charge in [0.2, 0.25) is 10.0 Å². The molecule has 1 saturated heterocycles. The lowest BCUT2D eigenvalue weighted by Gasteiger charge is -2.30. The van der Waals surface area contributed by atoms with Crippen LogP contribution in [0.3, 0.4) is 0 Å². The maximum Gasteiger partial charge on any atom is 0.314 e. The lowest BCUT2D eigenvalue weighted by Crippen LogP contribution is -2.41. The standard InChI is InChI=1S/C21H25NO5S/c1-3-26-19-6-4-5-7-20(19)27-21(23)17-12-14-22(15-13-17)28(24,25)18-10-8-16(2)9-11-18/h4-11,17H,3,12-15H2,1-2H3. The molecule has 0 aromatic heterocycles. The molecule has 0 saturated carbocycles. The Bertz CT molecular complexity index is 916. The van der Waals surface area contributed by atoms with Crippen molar-refractivity contribution in [3.05, 3.63) is 54.1 Å². The SMILES string of the molecule is CCOc1ccccc1OC(=O)C1CCN(S(=O)(=O)c2ccc(C)cc2)CC1. The van der Waals surface area contributed by atoms with E-state index in [1.165, 1.54) is 4.31 Å². The summed E-state index contributed by atoms with van der Waals surface area (Å²) in [5.74, 6) is 0.237. The van der Waals surface area contributed by atoms with Crippen LogP contribution in [0, 0.1) is 12.8 Å². The Morgan fingerprint density at radius 2 is 1.64 bits per heavy atom. The number of hydrogen-bond donors (Lipinski definition) is 0. The number of sulfonamides is 1. The van der Waals surface area contributed by atoms with Crippen LogP contribution >= 0.6 is 0 Å². The first-order chi connectivity index (χ1) is 13.4. The van der Waals surface area contributed by atoms with Crippen molar-refractivity contribution in [2.24, 2.45) is 5.92 Å². The van der Waals surface area contributed by atoms with E-state index in [1.807, 2.05) is 19.9 Å². The molecule has 0 atom stereocenters. The monoisotopic (exact) mass is 403 g/mol. The molecule has 1 aliphatic heterocycles. The van der Waals surface area contributed by atoms with Crippen molar-refractivity contribution in [3.63, 3.8) is 0 Å². The van der Waals surface area contributed by atoms with Crippen molar-refractivity contribution in [1.82, 2.24) is 4.31 Å². The zero-order valence-corrected chi connectivity index (χ0v) is 16.9. The van der Waals surface area contributed by atoms with E-state index in [4.69, 9.17) is 9.47 Å². The summed E-state index contributed by atoms with van der Waals surface area (Å²) in [6.45, 7) is 4.84. The number of ether oxygens (including phenoxy) is 2. The highest BCUT2D eigenvalue weighted by Crippen LogP contribution is 2.29. The van der Waals surface area contributed by atoms with Gasteiger partial charge in [-0.25, -0.2) is 8.42 Å². The highest BCUT2D eigenvalue weighted by atomic mass is 32.2. The number of piperidine rings is 1. The fourth-order valence-electron chi connectivity index (χ4n) is 3.19. The van der Waals surface area contributed by atoms with Crippen molar-refractivity contribution in [2.45, 2.75) is 31.6 Å². The largest absolute Gasteiger partial charge is 0.490 e. The number of aryl methyl sites for hydroxylation is 1. The van der Waals surface area contributed by atoms with Gasteiger partial charge in [0.15, 0.2) is 11.5 Å². The van der Waals surface area contributed by atoms with Gasteiger partial charge in [0, 0.05) is 13.1 Å². The summed E-state index contributed by atoms with van der Waals surface area (Å²) >= 11 is 0. The topological polar surface area (TPSA) is 72.9 Å². The molecule has 0 N–H and O–H groups in total. The van der Waals surface area contributed by atoms with Crippen molar-refractivity contribution in [2.75, 3.05) is 19.7 Å². The normalized spacial score (nSPS) is 15.9. The predicted octanol–water partition coefficient (Wildman–Crippen LogP) is 3.40. The molecule has 6 nitrogen and oxygen atoms in total. The first-order valence-electron chi connectivity index (χ1n) is 9.42. The van der Waals surface area contributed by atoms with Gasteiger partial charge in [-0.3, -0.25) is 4.79 Å². The number of rotatable bonds is 6. The Labute approximate surface area is 166 Å². The third kappa shape index (κ3) is 4.54. The van der Waals surface area contributed by atoms with Gasteiger partial charge in [0.25, 0.3) is 0 Å². The Morgan fingerprint density at radius 3 is 2.25 bits per heavy atom. The summed E-state index contributed by atoms with van der Waals surface area (Å²) < 4.78 is 38.0. The molecule has 1 aliphatic rings. The summed E-state index contributed by atoms with van der Waals surface area (Å²) in [6.07, 6.45) is 0.863. The van der Waals surface area contributed by atoms with Gasteiger partial charge in [-0.05, 0) is 51.0 Å². The fourth-order valence-corrected chi connectivity index (χ4v) is 4.66. The molecule has 0 aliphatic carbocycles. The molecule has 1 fully saturated rings. The number of benzene rings is 2. The Balaban J connectivity index is 1.62. The van der Waals surface area contributed by atoms with E-state index >= 15 is 0 Å². The molecule has 3 rings (SSSR count). The van der Waals surface area contributed by atoms with E-state index in [9.17, 15) is 13.2 Å². The number of para-hydroxylation sites is 2. The van der Waals surface area contributed by atoms with Crippen LogP contribution in [0.25, 0.3) is 0 Å². The van der Waals surface area contributed by atoms with Crippen LogP contribution in [0.2, 0.25) is 0 Å². The van der Waals surface area contributed by atoms with Crippen molar-refractivity contribution < 1.29 is 22.7 Å². The van der Waals surface area contributed by atoms with E-state index in [2.05, 4.69) is 0 Å². The number of hydrogen-bond acceptors (Lipinski definition) is 5. The van der Waals surface area contributed by atoms with E-state index in [0.717, 1.165) is 5.56 Å². The van der Waals surface area contributed by atoms with Gasteiger partial charge < -0.3 is 9.47 Å². The second-order valence-electron chi connectivity index (χ2n) is 6.79. The van der Waals surface area contributed by atoms with Crippen LogP contribution in [0.4, 0.5) is 0 Å². The average Bonchev–Trinajstić information content (AvgIpc) is 2.70. The van der Waals surface area contributed by atoms with Crippen LogP contribution in [0.15, 0.2) is 53.4 Å². The first-order valence-corrected chi connectivity index (χ1v) is 10.9. The van der Waals surface area contributed by atoms with Crippen LogP contribution in [0.1, 0.15) is 25.3 Å². The third-order valence-electron chi connectivity index (χ3n) is 4.81. The molecule has 0 radical (unpaired) electrons. The lowest BCUT2D eigenvalue weighted by atomic mass is 9.98. The number of nitrogens with zero attached hydrogens (tertiary/aromatic N) is 1. The molecule has 0 unspecified atom stereocenters. The summed E-state index contributed by atoms with van der Waals surface area (Å²) in [5, 5.41) is 0. The number of carbonyl (C=O) groups excluding carboxylic acids is 1. The first kappa shape index (κ1) is 20.4. The highest BCUT2D eigenvalue weighted by molar-refractivity contribution is 7.89. The molecule has 28 heavy (non-hydrogen) atoms. The average molecular weight is 404 g/mol. The van der Waals surface area contributed by atoms with Crippen molar-refractivity contribution >= 4 is 16.0 Å². The Kier molecular flexibility index (Phi) is 6.36. The molecular weight excluding hydrogens is 378 g/mol. The fraction of sp³-hybridized carbons (Fsp3) is 0.381. The zero-order chi connectivity index (χ0) is 20.1. The minimum absolute atomic E-state index is 0.282. The molecular formula is C21H25NO5S. The third-order valence-corrected chi connectivity index (χ3v) is 6.72. The molecule has 0 amide bonds. The lowest BCUT2D eigenvalue weighted by molar-refractivity contribution is -0.140. The Hall–Kier alpha value is -2.38. The van der Waals surface area contributed by atoms with Gasteiger partial charge in [-0.15, -0.1) is 0 Å². The molecule has 2 aromatic carbocycles. The second-order valence-corrected chi connectivity index (χ2v) is 8.73. The summed E-state index contributed by atoms with van der Waals surface area (Å²) in [4.78, 5) is 12.8. The van der Waals surface area contributed by atoms with E-state index < -0.39 is 10.0 Å². The van der Waals surface area contributed by atoms with E-state index in [0.29, 0.717) is 44.0 Å². The van der Waals surface area contributed by atoms with Crippen molar-refractivity contribution in [3.8, 4) is 11.5 Å². The van der Waals surface area contributed by atoms with Crippen molar-refractivity contribution in [1.29, 1.82) is 0 Å². The smallest absolute Gasteiger partial charge is 0.314 e. The quantitative estimate of drug-likeness (QED) is 0.546. The maximum atomic E-state index is 12.8. The van der Waals surface area contributed by atoms with E-state index in [-0.39, 0.29) is 16.8 Å². The molecule has 7 heteroatoms. The van der Waals surface area contributed by atoms with Crippen LogP contribution in [-0.2, 0) is 14.8 Å². The number of esters is 1. The maximum absolute atomic E-state index is 12.8. The van der Waals surface area contributed by atoms with Crippen LogP contribution < -0.4 is 9.47 Å². The Morgan fingerprint density at radius 1 is 1.04 bits per heavy atom. The van der Waals surface area contributed by atoms with Crippen LogP contribution in [-0.4, -0.2) is 38.4 Å². The van der Waals surface area contributed by atoms with Gasteiger partial charge >= 0.3 is 5.97 Å². The van der Waals surface area contributed by atoms with Gasteiger partial charge in [-0.2, -0.15) is 4.31 Å².